The second-order valence-corrected chi connectivity index (χ2v) is 19.4. The van der Waals surface area contributed by atoms with Crippen molar-refractivity contribution in [3.8, 4) is 0 Å². The Labute approximate surface area is 443 Å². The molecule has 0 spiro atoms. The van der Waals surface area contributed by atoms with Crippen LogP contribution in [0.15, 0.2) is 84.9 Å². The maximum absolute atomic E-state index is 13.9. The van der Waals surface area contributed by atoms with Crippen LogP contribution in [0.2, 0.25) is 0 Å². The second-order valence-electron chi connectivity index (χ2n) is 19.4. The summed E-state index contributed by atoms with van der Waals surface area (Å²) >= 11 is 0. The molecule has 0 fully saturated rings. The van der Waals surface area contributed by atoms with Crippen LogP contribution in [0.1, 0.15) is 98.9 Å². The van der Waals surface area contributed by atoms with Gasteiger partial charge in [-0.3, -0.25) is 0 Å². The average Bonchev–Trinajstić information content (AvgIpc) is 3.44. The lowest BCUT2D eigenvalue weighted by atomic mass is 10.1. The summed E-state index contributed by atoms with van der Waals surface area (Å²) in [6.45, 7) is 8.46. The summed E-state index contributed by atoms with van der Waals surface area (Å²) in [4.78, 5) is 68.3. The summed E-state index contributed by atoms with van der Waals surface area (Å²) in [6.07, 6.45) is 8.01. The van der Waals surface area contributed by atoms with E-state index in [1.54, 1.807) is 14.2 Å². The minimum atomic E-state index is -1.16. The molecule has 4 heterocycles. The van der Waals surface area contributed by atoms with Crippen molar-refractivity contribution in [3.63, 3.8) is 0 Å². The summed E-state index contributed by atoms with van der Waals surface area (Å²) < 4.78 is 33.4. The van der Waals surface area contributed by atoms with E-state index < -0.39 is 43.0 Å². The van der Waals surface area contributed by atoms with Crippen LogP contribution in [0, 0.1) is 0 Å². The highest BCUT2D eigenvalue weighted by atomic mass is 16.7. The molecule has 0 bridgehead atoms. The summed E-state index contributed by atoms with van der Waals surface area (Å²) in [5, 5.41) is 12.2. The van der Waals surface area contributed by atoms with E-state index in [0.29, 0.717) is 39.3 Å². The lowest BCUT2D eigenvalue weighted by molar-refractivity contribution is -0.170. The van der Waals surface area contributed by atoms with Crippen LogP contribution >= 0.6 is 0 Å². The second kappa shape index (κ2) is 32.2. The smallest absolute Gasteiger partial charge is 0.408 e. The predicted molar refractivity (Wildman–Crippen MR) is 287 cm³/mol. The fraction of sp³-hybridized carbons (Fsp3) is 0.544. The van der Waals surface area contributed by atoms with Crippen molar-refractivity contribution < 1.29 is 47.6 Å². The predicted octanol–water partition coefficient (Wildman–Crippen LogP) is 7.63. The van der Waals surface area contributed by atoms with Crippen molar-refractivity contribution in [2.45, 2.75) is 128 Å². The number of nitrogens with zero attached hydrogens (tertiary/aromatic N) is 4. The van der Waals surface area contributed by atoms with Gasteiger partial charge in [-0.1, -0.05) is 72.8 Å². The highest BCUT2D eigenvalue weighted by Gasteiger charge is 2.28. The average molecular weight is 1040 g/mol. The van der Waals surface area contributed by atoms with Crippen LogP contribution in [-0.4, -0.2) is 142 Å². The molecular weight excluding hydrogens is 957 g/mol. The molecular formula is C57H80N8O10. The molecule has 0 radical (unpaired) electrons. The minimum absolute atomic E-state index is 0.00675. The third kappa shape index (κ3) is 21.1. The van der Waals surface area contributed by atoms with Crippen LogP contribution in [0.3, 0.4) is 0 Å². The topological polar surface area (TPSA) is 204 Å². The normalized spacial score (nSPS) is 14.5. The van der Waals surface area contributed by atoms with Gasteiger partial charge in [-0.2, -0.15) is 0 Å². The number of unbranched alkanes of at least 4 members (excludes halogenated alkanes) is 2. The van der Waals surface area contributed by atoms with Crippen molar-refractivity contribution >= 4 is 35.8 Å². The van der Waals surface area contributed by atoms with E-state index in [2.05, 4.69) is 55.3 Å². The molecule has 4 N–H and O–H groups in total. The van der Waals surface area contributed by atoms with E-state index >= 15 is 0 Å². The van der Waals surface area contributed by atoms with E-state index in [9.17, 15) is 19.2 Å². The number of benzene rings is 2. The van der Waals surface area contributed by atoms with Crippen molar-refractivity contribution in [1.29, 1.82) is 0 Å². The van der Waals surface area contributed by atoms with Crippen molar-refractivity contribution in [1.82, 2.24) is 30.4 Å². The van der Waals surface area contributed by atoms with Crippen LogP contribution in [0.4, 0.5) is 21.2 Å². The Kier molecular flexibility index (Phi) is 24.9. The molecule has 2 aliphatic rings. The molecule has 75 heavy (non-hydrogen) atoms. The third-order valence-electron chi connectivity index (χ3n) is 13.5. The summed E-state index contributed by atoms with van der Waals surface area (Å²) in [7, 11) is 3.32. The van der Waals surface area contributed by atoms with Gasteiger partial charge in [-0.15, -0.1) is 0 Å². The van der Waals surface area contributed by atoms with Gasteiger partial charge < -0.3 is 59.5 Å². The van der Waals surface area contributed by atoms with Crippen LogP contribution in [0.25, 0.3) is 0 Å². The first-order valence-corrected chi connectivity index (χ1v) is 26.8. The van der Waals surface area contributed by atoms with Gasteiger partial charge in [-0.25, -0.2) is 29.1 Å². The number of carbonyl (C=O) groups excluding carboxylic acids is 4. The summed E-state index contributed by atoms with van der Waals surface area (Å²) in [5.41, 5.74) is 6.16. The SMILES string of the molecule is CO[C@H](C)CN(CCCCc1ccc2c(n1)NCCC2)CC[C@H](NC(=O)OCc1ccccc1)C(=O)OCOC(=O)[C@H](CCN(CCCCc1ccc2c(n1)NCCC2)C[C@@H](C)OC)NC(=O)OCc1ccccc1. The fourth-order valence-electron chi connectivity index (χ4n) is 9.05. The van der Waals surface area contributed by atoms with Crippen LogP contribution in [0.5, 0.6) is 0 Å². The number of esters is 2. The summed E-state index contributed by atoms with van der Waals surface area (Å²) in [6, 6.07) is 24.7. The Bertz CT molecular complexity index is 2190. The third-order valence-corrected chi connectivity index (χ3v) is 13.5. The molecule has 0 unspecified atom stereocenters. The van der Waals surface area contributed by atoms with Crippen LogP contribution in [-0.2, 0) is 76.9 Å². The number of aryl methyl sites for hydroxylation is 4. The van der Waals surface area contributed by atoms with Gasteiger partial charge in [0.05, 0.1) is 12.2 Å². The Morgan fingerprint density at radius 2 is 0.987 bits per heavy atom. The number of methoxy groups -OCH3 is 2. The number of aromatic nitrogens is 2. The van der Waals surface area contributed by atoms with Crippen molar-refractivity contribution in [2.75, 3.05) is 84.0 Å². The zero-order valence-corrected chi connectivity index (χ0v) is 44.5. The molecule has 0 saturated heterocycles. The van der Waals surface area contributed by atoms with Gasteiger partial charge in [-0.05, 0) is 138 Å². The molecule has 2 aromatic carbocycles. The first-order chi connectivity index (χ1) is 36.5. The number of anilines is 2. The molecule has 4 aromatic rings. The number of amides is 2. The Morgan fingerprint density at radius 3 is 1.40 bits per heavy atom. The number of rotatable bonds is 32. The molecule has 0 aliphatic carbocycles. The van der Waals surface area contributed by atoms with E-state index in [1.807, 2.05) is 74.5 Å². The number of pyridine rings is 2. The molecule has 2 aliphatic heterocycles. The monoisotopic (exact) mass is 1040 g/mol. The highest BCUT2D eigenvalue weighted by Crippen LogP contribution is 2.22. The van der Waals surface area contributed by atoms with Crippen LogP contribution < -0.4 is 21.3 Å². The largest absolute Gasteiger partial charge is 0.445 e. The number of carbonyl (C=O) groups is 4. The Hall–Kier alpha value is -6.34. The highest BCUT2D eigenvalue weighted by molar-refractivity contribution is 5.82. The molecule has 2 aromatic heterocycles. The van der Waals surface area contributed by atoms with Gasteiger partial charge >= 0.3 is 24.1 Å². The number of hydrogen-bond acceptors (Lipinski definition) is 16. The molecule has 18 heteroatoms. The number of alkyl carbamates (subject to hydrolysis) is 2. The zero-order chi connectivity index (χ0) is 53.0. The minimum Gasteiger partial charge on any atom is -0.445 e. The number of ether oxygens (including phenoxy) is 6. The van der Waals surface area contributed by atoms with E-state index in [0.717, 1.165) is 111 Å². The number of fused-ring (bicyclic) bond motifs is 2. The van der Waals surface area contributed by atoms with Gasteiger partial charge in [0.25, 0.3) is 0 Å². The lowest BCUT2D eigenvalue weighted by Crippen LogP contribution is -2.46. The lowest BCUT2D eigenvalue weighted by Gasteiger charge is -2.27. The van der Waals surface area contributed by atoms with E-state index in [1.165, 1.54) is 11.1 Å². The maximum atomic E-state index is 13.9. The quantitative estimate of drug-likeness (QED) is 0.0161. The Morgan fingerprint density at radius 1 is 0.560 bits per heavy atom. The van der Waals surface area contributed by atoms with Crippen molar-refractivity contribution in [3.05, 3.63) is 119 Å². The molecule has 2 amide bonds. The first-order valence-electron chi connectivity index (χ1n) is 26.8. The molecule has 18 nitrogen and oxygen atoms in total. The van der Waals surface area contributed by atoms with E-state index in [-0.39, 0.29) is 38.3 Å². The molecule has 0 saturated carbocycles. The fourth-order valence-corrected chi connectivity index (χ4v) is 9.05. The standard InChI is InChI=1S/C57H80N8O10/c1-42(70-3)37-64(33-13-11-23-48-27-25-46-21-15-31-58-52(46)60-48)35-29-50(62-56(68)72-39-44-17-7-5-8-18-44)54(66)74-41-75-55(67)51(63-57(69)73-40-45-19-9-6-10-20-45)30-36-65(38-43(2)71-4)34-14-12-24-49-28-26-47-22-16-32-59-53(47)61-49/h5-10,17-20,25-28,42-43,50-51H,11-16,21-24,29-41H2,1-4H3,(H,58,60)(H,59,61)(H,62,68)(H,63,69)/t42-,43-,50+,51+/m1/s1. The van der Waals surface area contributed by atoms with E-state index in [4.69, 9.17) is 38.4 Å². The van der Waals surface area contributed by atoms with Gasteiger partial charge in [0.15, 0.2) is 0 Å². The van der Waals surface area contributed by atoms with Gasteiger partial charge in [0.1, 0.15) is 36.9 Å². The zero-order valence-electron chi connectivity index (χ0n) is 44.5. The Balaban J connectivity index is 1.06. The molecule has 4 atom stereocenters. The summed E-state index contributed by atoms with van der Waals surface area (Å²) in [5.74, 6) is 0.328. The molecule has 6 rings (SSSR count). The van der Waals surface area contributed by atoms with Gasteiger partial charge in [0, 0.05) is 64.9 Å². The first kappa shape index (κ1) is 57.9. The van der Waals surface area contributed by atoms with Gasteiger partial charge in [0.2, 0.25) is 6.79 Å². The number of nitrogens with one attached hydrogen (secondary N) is 4. The molecule has 408 valence electrons. The maximum Gasteiger partial charge on any atom is 0.408 e. The van der Waals surface area contributed by atoms with Crippen molar-refractivity contribution in [2.24, 2.45) is 0 Å². The number of hydrogen-bond donors (Lipinski definition) is 4.